The molecule has 0 aliphatic rings. The Kier molecular flexibility index (Phi) is 4.34. The standard InChI is InChI=1S/C13H16N2O2S2/c1-8-12(18-7-14-8)6-15(3)5-10-4-11(13(16)17)19-9(10)2/h4,7H,5-6H2,1-3H3,(H,16,17). The molecule has 4 nitrogen and oxygen atoms in total. The number of aromatic carboxylic acids is 1. The number of carbonyl (C=O) groups is 1. The van der Waals surface area contributed by atoms with Gasteiger partial charge in [-0.05, 0) is 32.5 Å². The molecule has 19 heavy (non-hydrogen) atoms. The number of nitrogens with zero attached hydrogens (tertiary/aromatic N) is 2. The molecular formula is C13H16N2O2S2. The van der Waals surface area contributed by atoms with E-state index in [1.165, 1.54) is 16.2 Å². The van der Waals surface area contributed by atoms with Crippen molar-refractivity contribution in [2.24, 2.45) is 0 Å². The van der Waals surface area contributed by atoms with E-state index in [1.807, 2.05) is 26.4 Å². The number of aryl methyl sites for hydroxylation is 2. The number of hydrogen-bond donors (Lipinski definition) is 1. The molecule has 6 heteroatoms. The van der Waals surface area contributed by atoms with Crippen molar-refractivity contribution in [3.8, 4) is 0 Å². The minimum Gasteiger partial charge on any atom is -0.477 e. The van der Waals surface area contributed by atoms with Crippen LogP contribution in [0.3, 0.4) is 0 Å². The molecule has 0 fully saturated rings. The van der Waals surface area contributed by atoms with E-state index < -0.39 is 5.97 Å². The lowest BCUT2D eigenvalue weighted by Crippen LogP contribution is -2.17. The van der Waals surface area contributed by atoms with Gasteiger partial charge >= 0.3 is 5.97 Å². The molecule has 0 aromatic carbocycles. The van der Waals surface area contributed by atoms with E-state index in [4.69, 9.17) is 5.11 Å². The zero-order valence-electron chi connectivity index (χ0n) is 11.1. The van der Waals surface area contributed by atoms with Crippen LogP contribution in [0, 0.1) is 13.8 Å². The predicted octanol–water partition coefficient (Wildman–Crippen LogP) is 3.15. The first-order valence-electron chi connectivity index (χ1n) is 5.87. The number of carboxylic acid groups (broad SMARTS) is 1. The van der Waals surface area contributed by atoms with Crippen LogP contribution < -0.4 is 0 Å². The fourth-order valence-electron chi connectivity index (χ4n) is 1.85. The Hall–Kier alpha value is -1.24. The summed E-state index contributed by atoms with van der Waals surface area (Å²) >= 11 is 3.00. The second-order valence-electron chi connectivity index (χ2n) is 4.53. The molecule has 0 amide bonds. The fraction of sp³-hybridized carbons (Fsp3) is 0.385. The van der Waals surface area contributed by atoms with Crippen LogP contribution in [0.1, 0.15) is 30.7 Å². The first-order valence-corrected chi connectivity index (χ1v) is 7.57. The van der Waals surface area contributed by atoms with Gasteiger partial charge in [-0.2, -0.15) is 0 Å². The molecule has 2 aromatic rings. The molecule has 1 N–H and O–H groups in total. The third-order valence-corrected chi connectivity index (χ3v) is 4.93. The van der Waals surface area contributed by atoms with E-state index in [1.54, 1.807) is 17.4 Å². The number of rotatable bonds is 5. The summed E-state index contributed by atoms with van der Waals surface area (Å²) in [6, 6.07) is 1.78. The van der Waals surface area contributed by atoms with Crippen LogP contribution in [0.5, 0.6) is 0 Å². The van der Waals surface area contributed by atoms with Crippen LogP contribution in [0.2, 0.25) is 0 Å². The lowest BCUT2D eigenvalue weighted by Gasteiger charge is -2.15. The van der Waals surface area contributed by atoms with Gasteiger partial charge in [0.05, 0.1) is 11.2 Å². The van der Waals surface area contributed by atoms with Crippen LogP contribution in [-0.4, -0.2) is 28.0 Å². The smallest absolute Gasteiger partial charge is 0.345 e. The van der Waals surface area contributed by atoms with Gasteiger partial charge < -0.3 is 5.11 Å². The maximum atomic E-state index is 10.9. The van der Waals surface area contributed by atoms with Gasteiger partial charge in [-0.3, -0.25) is 4.90 Å². The van der Waals surface area contributed by atoms with Gasteiger partial charge in [-0.1, -0.05) is 0 Å². The first kappa shape index (κ1) is 14.2. The maximum absolute atomic E-state index is 10.9. The molecule has 2 aromatic heterocycles. The highest BCUT2D eigenvalue weighted by atomic mass is 32.1. The quantitative estimate of drug-likeness (QED) is 0.921. The highest BCUT2D eigenvalue weighted by Gasteiger charge is 2.13. The summed E-state index contributed by atoms with van der Waals surface area (Å²) in [6.45, 7) is 5.58. The SMILES string of the molecule is Cc1ncsc1CN(C)Cc1cc(C(=O)O)sc1C. The molecule has 2 heterocycles. The summed E-state index contributed by atoms with van der Waals surface area (Å²) < 4.78 is 0. The molecule has 0 spiro atoms. The average Bonchev–Trinajstić information content (AvgIpc) is 2.87. The van der Waals surface area contributed by atoms with E-state index >= 15 is 0 Å². The number of carboxylic acids is 1. The summed E-state index contributed by atoms with van der Waals surface area (Å²) in [6.07, 6.45) is 0. The summed E-state index contributed by atoms with van der Waals surface area (Å²) in [4.78, 5) is 20.1. The number of aromatic nitrogens is 1. The second kappa shape index (κ2) is 5.81. The highest BCUT2D eigenvalue weighted by Crippen LogP contribution is 2.23. The second-order valence-corrected chi connectivity index (χ2v) is 6.73. The zero-order chi connectivity index (χ0) is 14.0. The van der Waals surface area contributed by atoms with E-state index in [9.17, 15) is 4.79 Å². The molecule has 0 aliphatic heterocycles. The normalized spacial score (nSPS) is 11.2. The molecule has 102 valence electrons. The predicted molar refractivity (Wildman–Crippen MR) is 78.0 cm³/mol. The van der Waals surface area contributed by atoms with Gasteiger partial charge in [0.15, 0.2) is 0 Å². The molecule has 0 atom stereocenters. The number of thiophene rings is 1. The molecule has 0 radical (unpaired) electrons. The average molecular weight is 296 g/mol. The molecule has 0 unspecified atom stereocenters. The molecule has 2 rings (SSSR count). The Balaban J connectivity index is 2.04. The van der Waals surface area contributed by atoms with Gasteiger partial charge in [0.2, 0.25) is 0 Å². The summed E-state index contributed by atoms with van der Waals surface area (Å²) in [5.74, 6) is -0.847. The van der Waals surface area contributed by atoms with Crippen molar-refractivity contribution in [1.29, 1.82) is 0 Å². The van der Waals surface area contributed by atoms with Crippen molar-refractivity contribution in [2.45, 2.75) is 26.9 Å². The van der Waals surface area contributed by atoms with Crippen molar-refractivity contribution in [3.63, 3.8) is 0 Å². The van der Waals surface area contributed by atoms with Crippen molar-refractivity contribution < 1.29 is 9.90 Å². The number of hydrogen-bond acceptors (Lipinski definition) is 5. The molecular weight excluding hydrogens is 280 g/mol. The van der Waals surface area contributed by atoms with Crippen molar-refractivity contribution in [1.82, 2.24) is 9.88 Å². The van der Waals surface area contributed by atoms with Gasteiger partial charge in [-0.25, -0.2) is 9.78 Å². The molecule has 0 saturated heterocycles. The van der Waals surface area contributed by atoms with Crippen molar-refractivity contribution in [2.75, 3.05) is 7.05 Å². The highest BCUT2D eigenvalue weighted by molar-refractivity contribution is 7.14. The zero-order valence-corrected chi connectivity index (χ0v) is 12.8. The Morgan fingerprint density at radius 2 is 2.16 bits per heavy atom. The lowest BCUT2D eigenvalue weighted by molar-refractivity contribution is 0.0702. The summed E-state index contributed by atoms with van der Waals surface area (Å²) in [5, 5.41) is 8.99. The van der Waals surface area contributed by atoms with Crippen molar-refractivity contribution >= 4 is 28.6 Å². The minimum atomic E-state index is -0.847. The van der Waals surface area contributed by atoms with Crippen LogP contribution in [0.15, 0.2) is 11.6 Å². The largest absolute Gasteiger partial charge is 0.477 e. The molecule has 0 aliphatic carbocycles. The van der Waals surface area contributed by atoms with Crippen LogP contribution >= 0.6 is 22.7 Å². The van der Waals surface area contributed by atoms with Gasteiger partial charge in [0, 0.05) is 22.8 Å². The monoisotopic (exact) mass is 296 g/mol. The lowest BCUT2D eigenvalue weighted by atomic mass is 10.2. The molecule has 0 saturated carbocycles. The van der Waals surface area contributed by atoms with E-state index in [-0.39, 0.29) is 0 Å². The number of thiazole rings is 1. The van der Waals surface area contributed by atoms with Crippen LogP contribution in [0.4, 0.5) is 0 Å². The topological polar surface area (TPSA) is 53.4 Å². The maximum Gasteiger partial charge on any atom is 0.345 e. The summed E-state index contributed by atoms with van der Waals surface area (Å²) in [7, 11) is 2.04. The Labute approximate surface area is 120 Å². The Morgan fingerprint density at radius 1 is 1.42 bits per heavy atom. The van der Waals surface area contributed by atoms with Crippen LogP contribution in [-0.2, 0) is 13.1 Å². The van der Waals surface area contributed by atoms with Crippen LogP contribution in [0.25, 0.3) is 0 Å². The van der Waals surface area contributed by atoms with Gasteiger partial charge in [0.1, 0.15) is 4.88 Å². The third kappa shape index (κ3) is 3.40. The van der Waals surface area contributed by atoms with Gasteiger partial charge in [0.25, 0.3) is 0 Å². The molecule has 0 bridgehead atoms. The van der Waals surface area contributed by atoms with Crippen molar-refractivity contribution in [3.05, 3.63) is 37.5 Å². The van der Waals surface area contributed by atoms with E-state index in [2.05, 4.69) is 9.88 Å². The Morgan fingerprint density at radius 3 is 2.68 bits per heavy atom. The fourth-order valence-corrected chi connectivity index (χ4v) is 3.58. The van der Waals surface area contributed by atoms with E-state index in [0.29, 0.717) is 4.88 Å². The summed E-state index contributed by atoms with van der Waals surface area (Å²) in [5.41, 5.74) is 4.02. The first-order chi connectivity index (χ1) is 8.97. The Bertz CT molecular complexity index is 589. The third-order valence-electron chi connectivity index (χ3n) is 2.93. The minimum absolute atomic E-state index is 0.412. The van der Waals surface area contributed by atoms with E-state index in [0.717, 1.165) is 29.2 Å². The van der Waals surface area contributed by atoms with Gasteiger partial charge in [-0.15, -0.1) is 22.7 Å².